The summed E-state index contributed by atoms with van der Waals surface area (Å²) in [4.78, 5) is 0. The summed E-state index contributed by atoms with van der Waals surface area (Å²) in [6, 6.07) is 30.3. The largest absolute Gasteiger partial charge is 0.497 e. The van der Waals surface area contributed by atoms with Gasteiger partial charge in [0.25, 0.3) is 0 Å². The van der Waals surface area contributed by atoms with E-state index in [9.17, 15) is 0 Å². The number of methoxy groups -OCH3 is 1. The molecule has 1 heteroatoms. The Labute approximate surface area is 165 Å². The molecule has 0 aliphatic rings. The highest BCUT2D eigenvalue weighted by Crippen LogP contribution is 2.18. The summed E-state index contributed by atoms with van der Waals surface area (Å²) in [6.45, 7) is 0. The molecule has 28 heavy (non-hydrogen) atoms. The average molecular weight is 358 g/mol. The second kappa shape index (κ2) is 8.17. The maximum absolute atomic E-state index is 5.25. The lowest BCUT2D eigenvalue weighted by Crippen LogP contribution is -1.83. The van der Waals surface area contributed by atoms with Crippen molar-refractivity contribution in [1.29, 1.82) is 0 Å². The number of hydrogen-bond acceptors (Lipinski definition) is 1. The summed E-state index contributed by atoms with van der Waals surface area (Å²) < 4.78 is 5.25. The normalized spacial score (nSPS) is 9.75. The minimum atomic E-state index is 0.812. The Morgan fingerprint density at radius 1 is 0.500 bits per heavy atom. The van der Waals surface area contributed by atoms with Crippen LogP contribution in [0.3, 0.4) is 0 Å². The predicted octanol–water partition coefficient (Wildman–Crippen LogP) is 5.65. The first-order valence-electron chi connectivity index (χ1n) is 9.07. The van der Waals surface area contributed by atoms with Crippen LogP contribution in [0.2, 0.25) is 0 Å². The van der Waals surface area contributed by atoms with Gasteiger partial charge in [-0.3, -0.25) is 0 Å². The lowest BCUT2D eigenvalue weighted by atomic mass is 10.0. The van der Waals surface area contributed by atoms with E-state index in [4.69, 9.17) is 4.74 Å². The van der Waals surface area contributed by atoms with E-state index in [1.807, 2.05) is 60.7 Å². The van der Waals surface area contributed by atoms with Gasteiger partial charge in [-0.25, -0.2) is 0 Å². The van der Waals surface area contributed by atoms with E-state index < -0.39 is 0 Å². The van der Waals surface area contributed by atoms with Crippen LogP contribution in [0.4, 0.5) is 0 Å². The van der Waals surface area contributed by atoms with Crippen molar-refractivity contribution in [2.24, 2.45) is 0 Å². The number of rotatable bonds is 1. The lowest BCUT2D eigenvalue weighted by Gasteiger charge is -2.00. The third kappa shape index (κ3) is 4.24. The molecule has 0 amide bonds. The first-order valence-corrected chi connectivity index (χ1v) is 9.07. The Morgan fingerprint density at radius 3 is 1.71 bits per heavy atom. The van der Waals surface area contributed by atoms with E-state index in [0.29, 0.717) is 0 Å². The minimum Gasteiger partial charge on any atom is -0.497 e. The summed E-state index contributed by atoms with van der Waals surface area (Å²) in [5, 5.41) is 2.31. The highest BCUT2D eigenvalue weighted by Gasteiger charge is 1.97. The van der Waals surface area contributed by atoms with E-state index in [0.717, 1.165) is 33.4 Å². The maximum Gasteiger partial charge on any atom is 0.120 e. The molecule has 4 aromatic rings. The van der Waals surface area contributed by atoms with Crippen molar-refractivity contribution >= 4 is 10.8 Å². The van der Waals surface area contributed by atoms with Gasteiger partial charge >= 0.3 is 0 Å². The maximum atomic E-state index is 5.25. The molecule has 0 heterocycles. The van der Waals surface area contributed by atoms with Gasteiger partial charge in [-0.15, -0.1) is 0 Å². The van der Waals surface area contributed by atoms with Gasteiger partial charge in [-0.1, -0.05) is 60.1 Å². The van der Waals surface area contributed by atoms with Crippen molar-refractivity contribution < 1.29 is 4.74 Å². The molecule has 0 aromatic heterocycles. The Morgan fingerprint density at radius 2 is 1.07 bits per heavy atom. The molecule has 0 saturated heterocycles. The lowest BCUT2D eigenvalue weighted by molar-refractivity contribution is 0.414. The molecule has 0 aliphatic heterocycles. The molecule has 0 radical (unpaired) electrons. The van der Waals surface area contributed by atoms with Crippen LogP contribution in [-0.2, 0) is 0 Å². The SMILES string of the molecule is COc1cccc(C#Cc2ccc3ccc(C#Cc4ccccc4)cc3c2)c1. The molecular formula is C27H18O. The Hall–Kier alpha value is -3.94. The number of benzene rings is 4. The molecule has 4 aromatic carbocycles. The van der Waals surface area contributed by atoms with E-state index >= 15 is 0 Å². The molecule has 0 fully saturated rings. The van der Waals surface area contributed by atoms with Crippen molar-refractivity contribution in [3.05, 3.63) is 113 Å². The summed E-state index contributed by atoms with van der Waals surface area (Å²) in [5.41, 5.74) is 3.92. The second-order valence-electron chi connectivity index (χ2n) is 6.37. The molecule has 0 saturated carbocycles. The van der Waals surface area contributed by atoms with Crippen molar-refractivity contribution in [2.75, 3.05) is 7.11 Å². The van der Waals surface area contributed by atoms with Gasteiger partial charge in [0.15, 0.2) is 0 Å². The highest BCUT2D eigenvalue weighted by atomic mass is 16.5. The second-order valence-corrected chi connectivity index (χ2v) is 6.37. The van der Waals surface area contributed by atoms with E-state index in [2.05, 4.69) is 54.0 Å². The van der Waals surface area contributed by atoms with Gasteiger partial charge in [0, 0.05) is 22.3 Å². The van der Waals surface area contributed by atoms with Crippen molar-refractivity contribution in [3.63, 3.8) is 0 Å². The van der Waals surface area contributed by atoms with E-state index in [-0.39, 0.29) is 0 Å². The Kier molecular flexibility index (Phi) is 5.10. The number of hydrogen-bond donors (Lipinski definition) is 0. The fraction of sp³-hybridized carbons (Fsp3) is 0.0370. The molecule has 4 rings (SSSR count). The molecular weight excluding hydrogens is 340 g/mol. The van der Waals surface area contributed by atoms with Crippen molar-refractivity contribution in [3.8, 4) is 29.4 Å². The zero-order chi connectivity index (χ0) is 19.2. The van der Waals surface area contributed by atoms with Gasteiger partial charge in [-0.2, -0.15) is 0 Å². The molecule has 1 nitrogen and oxygen atoms in total. The third-order valence-electron chi connectivity index (χ3n) is 4.39. The quantitative estimate of drug-likeness (QED) is 0.400. The first-order chi connectivity index (χ1) is 13.8. The topological polar surface area (TPSA) is 9.23 Å². The summed E-state index contributed by atoms with van der Waals surface area (Å²) in [5.74, 6) is 13.7. The third-order valence-corrected chi connectivity index (χ3v) is 4.39. The van der Waals surface area contributed by atoms with Gasteiger partial charge in [0.05, 0.1) is 7.11 Å². The van der Waals surface area contributed by atoms with Crippen LogP contribution in [0.15, 0.2) is 91.0 Å². The molecule has 0 aliphatic carbocycles. The predicted molar refractivity (Wildman–Crippen MR) is 115 cm³/mol. The van der Waals surface area contributed by atoms with Gasteiger partial charge in [0.2, 0.25) is 0 Å². The summed E-state index contributed by atoms with van der Waals surface area (Å²) in [7, 11) is 1.66. The standard InChI is InChI=1S/C27H18O/c1-28-27-9-5-8-22(20-27)12-13-24-15-17-25-16-14-23(18-26(25)19-24)11-10-21-6-3-2-4-7-21/h2-9,14-20H,1H3. The number of ether oxygens (including phenoxy) is 1. The van der Waals surface area contributed by atoms with Crippen LogP contribution in [0.5, 0.6) is 5.75 Å². The van der Waals surface area contributed by atoms with Crippen molar-refractivity contribution in [1.82, 2.24) is 0 Å². The Bertz CT molecular complexity index is 1250. The Balaban J connectivity index is 1.63. The smallest absolute Gasteiger partial charge is 0.120 e. The summed E-state index contributed by atoms with van der Waals surface area (Å²) in [6.07, 6.45) is 0. The van der Waals surface area contributed by atoms with E-state index in [1.54, 1.807) is 7.11 Å². The average Bonchev–Trinajstić information content (AvgIpc) is 2.77. The van der Waals surface area contributed by atoms with Crippen LogP contribution in [-0.4, -0.2) is 7.11 Å². The molecule has 0 atom stereocenters. The summed E-state index contributed by atoms with van der Waals surface area (Å²) >= 11 is 0. The van der Waals surface area contributed by atoms with Gasteiger partial charge < -0.3 is 4.74 Å². The minimum absolute atomic E-state index is 0.812. The molecule has 0 bridgehead atoms. The van der Waals surface area contributed by atoms with Crippen molar-refractivity contribution in [2.45, 2.75) is 0 Å². The highest BCUT2D eigenvalue weighted by molar-refractivity contribution is 5.85. The van der Waals surface area contributed by atoms with E-state index in [1.165, 1.54) is 5.39 Å². The fourth-order valence-electron chi connectivity index (χ4n) is 2.91. The van der Waals surface area contributed by atoms with Crippen LogP contribution in [0.25, 0.3) is 10.8 Å². The van der Waals surface area contributed by atoms with Crippen LogP contribution >= 0.6 is 0 Å². The van der Waals surface area contributed by atoms with Gasteiger partial charge in [-0.05, 0) is 65.4 Å². The molecule has 0 unspecified atom stereocenters. The molecule has 132 valence electrons. The monoisotopic (exact) mass is 358 g/mol. The first kappa shape index (κ1) is 17.5. The zero-order valence-corrected chi connectivity index (χ0v) is 15.6. The number of fused-ring (bicyclic) bond motifs is 1. The molecule has 0 spiro atoms. The van der Waals surface area contributed by atoms with Crippen LogP contribution in [0.1, 0.15) is 22.3 Å². The van der Waals surface area contributed by atoms with Crippen LogP contribution < -0.4 is 4.74 Å². The zero-order valence-electron chi connectivity index (χ0n) is 15.6. The van der Waals surface area contributed by atoms with Crippen LogP contribution in [0, 0.1) is 23.7 Å². The fourth-order valence-corrected chi connectivity index (χ4v) is 2.91. The molecule has 0 N–H and O–H groups in total. The van der Waals surface area contributed by atoms with Gasteiger partial charge in [0.1, 0.15) is 5.75 Å².